The summed E-state index contributed by atoms with van der Waals surface area (Å²) in [5, 5.41) is 16.3. The van der Waals surface area contributed by atoms with E-state index in [1.54, 1.807) is 24.1 Å². The van der Waals surface area contributed by atoms with Crippen LogP contribution in [0.25, 0.3) is 5.70 Å². The van der Waals surface area contributed by atoms with Crippen molar-refractivity contribution in [2.75, 3.05) is 61.6 Å². The minimum absolute atomic E-state index is 0.0578. The predicted octanol–water partition coefficient (Wildman–Crippen LogP) is 6.44. The van der Waals surface area contributed by atoms with Gasteiger partial charge in [-0.2, -0.15) is 43.5 Å². The number of nitrogens with one attached hydrogen (secondary N) is 1. The van der Waals surface area contributed by atoms with E-state index in [0.717, 1.165) is 16.4 Å². The molecule has 2 aliphatic rings. The largest absolute Gasteiger partial charge is 0.495 e. The third kappa shape index (κ3) is 9.49. The maximum absolute atomic E-state index is 15.4. The van der Waals surface area contributed by atoms with Gasteiger partial charge in [-0.05, 0) is 49.1 Å². The molecule has 0 saturated heterocycles. The molecule has 2 aliphatic heterocycles. The molecule has 3 heterocycles. The molecule has 56 heavy (non-hydrogen) atoms. The van der Waals surface area contributed by atoms with Gasteiger partial charge in [0.1, 0.15) is 18.4 Å². The number of fused-ring (bicyclic) bond motifs is 3. The SMILES string of the molecule is COc1ccc(C(=O)Nc2cnn3c2C(=O)N(c2ccc(C(F)(F)c4ccccc4)cc2)[C@H]2CN(S(=O)(=O)CCOCC(F)F)C=C23)cc1C#N.CS.CSC. The molecule has 1 aromatic heterocycles. The van der Waals surface area contributed by atoms with Crippen LogP contribution < -0.4 is 15.0 Å². The number of carbonyl (C=O) groups excluding carboxylic acids is 2. The molecule has 3 aromatic carbocycles. The highest BCUT2D eigenvalue weighted by Crippen LogP contribution is 2.40. The van der Waals surface area contributed by atoms with Gasteiger partial charge in [-0.25, -0.2) is 21.9 Å². The van der Waals surface area contributed by atoms with Crippen LogP contribution in [0, 0.1) is 11.3 Å². The molecule has 0 saturated carbocycles. The molecule has 6 rings (SSSR count). The molecule has 1 N–H and O–H groups in total. The fraction of sp³-hybridized carbons (Fsp3) is 0.297. The van der Waals surface area contributed by atoms with Crippen LogP contribution in [0.4, 0.5) is 28.9 Å². The molecule has 19 heteroatoms. The normalized spacial score (nSPS) is 14.7. The highest BCUT2D eigenvalue weighted by atomic mass is 32.2. The average Bonchev–Trinajstić information content (AvgIpc) is 3.84. The molecular formula is C37H38F4N6O6S3. The Hall–Kier alpha value is -5.03. The number of anilines is 2. The third-order valence-corrected chi connectivity index (χ3v) is 9.93. The van der Waals surface area contributed by atoms with Crippen molar-refractivity contribution < 1.29 is 45.0 Å². The monoisotopic (exact) mass is 834 g/mol. The summed E-state index contributed by atoms with van der Waals surface area (Å²) < 4.78 is 94.3. The fourth-order valence-corrected chi connectivity index (χ4v) is 6.98. The summed E-state index contributed by atoms with van der Waals surface area (Å²) in [6.45, 7) is -1.77. The molecule has 1 atom stereocenters. The van der Waals surface area contributed by atoms with E-state index in [1.165, 1.54) is 83.7 Å². The zero-order valence-electron chi connectivity index (χ0n) is 30.5. The first-order valence-electron chi connectivity index (χ1n) is 16.5. The van der Waals surface area contributed by atoms with Crippen LogP contribution in [0.1, 0.15) is 37.5 Å². The van der Waals surface area contributed by atoms with Crippen LogP contribution in [0.5, 0.6) is 5.75 Å². The minimum Gasteiger partial charge on any atom is -0.495 e. The highest BCUT2D eigenvalue weighted by Gasteiger charge is 2.46. The molecule has 12 nitrogen and oxygen atoms in total. The van der Waals surface area contributed by atoms with Crippen LogP contribution in [-0.4, -0.2) is 98.2 Å². The van der Waals surface area contributed by atoms with Crippen molar-refractivity contribution in [1.82, 2.24) is 14.1 Å². The number of benzene rings is 3. The number of thiol groups is 1. The number of amides is 2. The lowest BCUT2D eigenvalue weighted by molar-refractivity contribution is 0.0232. The lowest BCUT2D eigenvalue weighted by atomic mass is 9.99. The number of alkyl halides is 4. The van der Waals surface area contributed by atoms with E-state index in [0.29, 0.717) is 0 Å². The number of carbonyl (C=O) groups is 2. The van der Waals surface area contributed by atoms with Crippen molar-refractivity contribution in [3.8, 4) is 11.8 Å². The first-order chi connectivity index (χ1) is 26.8. The quantitative estimate of drug-likeness (QED) is 0.0936. The van der Waals surface area contributed by atoms with Gasteiger partial charge >= 0.3 is 0 Å². The third-order valence-electron chi connectivity index (χ3n) is 8.28. The van der Waals surface area contributed by atoms with E-state index in [2.05, 4.69) is 23.0 Å². The van der Waals surface area contributed by atoms with Gasteiger partial charge in [-0.1, -0.05) is 42.5 Å². The average molecular weight is 835 g/mol. The molecule has 0 bridgehead atoms. The van der Waals surface area contributed by atoms with Crippen LogP contribution in [0.15, 0.2) is 85.2 Å². The number of thioether (sulfide) groups is 1. The van der Waals surface area contributed by atoms with E-state index in [-0.39, 0.29) is 57.3 Å². The number of hydrogen-bond donors (Lipinski definition) is 2. The minimum atomic E-state index is -4.16. The maximum Gasteiger partial charge on any atom is 0.298 e. The van der Waals surface area contributed by atoms with E-state index >= 15 is 8.78 Å². The van der Waals surface area contributed by atoms with E-state index < -0.39 is 59.2 Å². The lowest BCUT2D eigenvalue weighted by Gasteiger charge is -2.35. The second-order valence-electron chi connectivity index (χ2n) is 11.8. The summed E-state index contributed by atoms with van der Waals surface area (Å²) in [6.07, 6.45) is 5.42. The van der Waals surface area contributed by atoms with Crippen LogP contribution in [0.3, 0.4) is 0 Å². The van der Waals surface area contributed by atoms with Crippen LogP contribution >= 0.6 is 24.4 Å². The summed E-state index contributed by atoms with van der Waals surface area (Å²) in [6, 6.07) is 17.2. The fourth-order valence-electron chi connectivity index (χ4n) is 5.78. The second-order valence-corrected chi connectivity index (χ2v) is 14.6. The molecule has 0 spiro atoms. The summed E-state index contributed by atoms with van der Waals surface area (Å²) >= 11 is 5.28. The molecule has 4 aromatic rings. The molecule has 2 amide bonds. The summed E-state index contributed by atoms with van der Waals surface area (Å²) in [5.74, 6) is -5.21. The Morgan fingerprint density at radius 2 is 1.73 bits per heavy atom. The lowest BCUT2D eigenvalue weighted by Crippen LogP contribution is -2.49. The molecule has 298 valence electrons. The number of nitrogens with zero attached hydrogens (tertiary/aromatic N) is 5. The molecule has 0 unspecified atom stereocenters. The van der Waals surface area contributed by atoms with E-state index in [1.807, 2.05) is 18.6 Å². The van der Waals surface area contributed by atoms with Gasteiger partial charge < -0.3 is 14.8 Å². The topological polar surface area (TPSA) is 147 Å². The first-order valence-corrected chi connectivity index (χ1v) is 20.7. The van der Waals surface area contributed by atoms with Crippen LogP contribution in [0.2, 0.25) is 0 Å². The van der Waals surface area contributed by atoms with Gasteiger partial charge in [0.05, 0.1) is 55.2 Å². The Morgan fingerprint density at radius 3 is 2.34 bits per heavy atom. The number of rotatable bonds is 12. The molecule has 0 fully saturated rings. The summed E-state index contributed by atoms with van der Waals surface area (Å²) in [4.78, 5) is 28.8. The van der Waals surface area contributed by atoms with Crippen molar-refractivity contribution in [3.63, 3.8) is 0 Å². The molecular weight excluding hydrogens is 797 g/mol. The number of aromatic nitrogens is 2. The van der Waals surface area contributed by atoms with Crippen LogP contribution in [-0.2, 0) is 20.7 Å². The zero-order chi connectivity index (χ0) is 41.2. The molecule has 0 aliphatic carbocycles. The van der Waals surface area contributed by atoms with E-state index in [4.69, 9.17) is 9.47 Å². The van der Waals surface area contributed by atoms with E-state index in [9.17, 15) is 32.0 Å². The smallest absolute Gasteiger partial charge is 0.298 e. The van der Waals surface area contributed by atoms with Crippen molar-refractivity contribution in [1.29, 1.82) is 5.26 Å². The number of hydrogen-bond acceptors (Lipinski definition) is 10. The van der Waals surface area contributed by atoms with Gasteiger partial charge in [-0.15, -0.1) is 0 Å². The Labute approximate surface area is 331 Å². The summed E-state index contributed by atoms with van der Waals surface area (Å²) in [5.41, 5.74) is -0.341. The van der Waals surface area contributed by atoms with Crippen molar-refractivity contribution in [3.05, 3.63) is 113 Å². The maximum atomic E-state index is 15.4. The number of methoxy groups -OCH3 is 1. The van der Waals surface area contributed by atoms with Crippen molar-refractivity contribution in [2.45, 2.75) is 18.4 Å². The Bertz CT molecular complexity index is 2180. The zero-order valence-corrected chi connectivity index (χ0v) is 33.1. The number of ether oxygens (including phenoxy) is 2. The number of halogens is 4. The predicted molar refractivity (Wildman–Crippen MR) is 210 cm³/mol. The Morgan fingerprint density at radius 1 is 1.09 bits per heavy atom. The molecule has 0 radical (unpaired) electrons. The number of nitriles is 1. The van der Waals surface area contributed by atoms with Gasteiger partial charge in [-0.3, -0.25) is 18.8 Å². The standard InChI is InChI=1S/C34H28F4N6O6S.C2H6S.CH4S/c1-49-29-12-7-21(15-22(29)16-39)32(45)41-26-17-40-44-28-19-42(51(47,48)14-13-50-20-30(35)36)18-27(28)43(33(46)31(26)44)25-10-8-24(9-11-25)34(37,38)23-5-3-2-4-6-23;1-3-2;1-2/h2-12,15,17,19,27,30H,13-14,18,20H2,1H3,(H,41,45);1-2H3;2H,1H3/t27-;;/m0../s1. The second kappa shape index (κ2) is 19.2. The van der Waals surface area contributed by atoms with Crippen molar-refractivity contribution in [2.24, 2.45) is 0 Å². The first kappa shape index (κ1) is 43.7. The Balaban J connectivity index is 0.00000133. The van der Waals surface area contributed by atoms with Gasteiger partial charge in [0.25, 0.3) is 24.2 Å². The number of sulfonamides is 1. The van der Waals surface area contributed by atoms with Gasteiger partial charge in [0.2, 0.25) is 10.0 Å². The summed E-state index contributed by atoms with van der Waals surface area (Å²) in [7, 11) is -2.79. The van der Waals surface area contributed by atoms with Gasteiger partial charge in [0, 0.05) is 28.6 Å². The Kier molecular flexibility index (Phi) is 15.0. The van der Waals surface area contributed by atoms with Crippen molar-refractivity contribution >= 4 is 63.3 Å². The van der Waals surface area contributed by atoms with Gasteiger partial charge in [0.15, 0.2) is 5.69 Å². The highest BCUT2D eigenvalue weighted by molar-refractivity contribution is 7.97.